The summed E-state index contributed by atoms with van der Waals surface area (Å²) in [6.45, 7) is 3.02. The van der Waals surface area contributed by atoms with Gasteiger partial charge in [0.15, 0.2) is 0 Å². The Labute approximate surface area is 88.7 Å². The molecular formula is C11H15N3O. The normalized spacial score (nSPS) is 12.9. The van der Waals surface area contributed by atoms with Gasteiger partial charge in [0.2, 0.25) is 0 Å². The molecular weight excluding hydrogens is 190 g/mol. The Hall–Kier alpha value is -1.55. The third kappa shape index (κ3) is 2.47. The first-order valence-corrected chi connectivity index (χ1v) is 5.14. The topological polar surface area (TPSA) is 53.9 Å². The Morgan fingerprint density at radius 2 is 2.53 bits per heavy atom. The monoisotopic (exact) mass is 205 g/mol. The van der Waals surface area contributed by atoms with Gasteiger partial charge < -0.3 is 14.7 Å². The Kier molecular flexibility index (Phi) is 3.19. The maximum atomic E-state index is 5.09. The Bertz CT molecular complexity index is 366. The van der Waals surface area contributed by atoms with Crippen molar-refractivity contribution < 1.29 is 4.42 Å². The Balaban J connectivity index is 2.07. The van der Waals surface area contributed by atoms with E-state index in [0.717, 1.165) is 24.4 Å². The van der Waals surface area contributed by atoms with E-state index in [1.807, 2.05) is 12.3 Å². The summed E-state index contributed by atoms with van der Waals surface area (Å²) in [5.41, 5.74) is 1.16. The van der Waals surface area contributed by atoms with Gasteiger partial charge >= 0.3 is 0 Å². The van der Waals surface area contributed by atoms with Gasteiger partial charge in [-0.2, -0.15) is 0 Å². The van der Waals surface area contributed by atoms with Crippen LogP contribution >= 0.6 is 0 Å². The van der Waals surface area contributed by atoms with E-state index in [-0.39, 0.29) is 6.04 Å². The lowest BCUT2D eigenvalue weighted by molar-refractivity contribution is 0.518. The van der Waals surface area contributed by atoms with Crippen molar-refractivity contribution in [1.29, 1.82) is 0 Å². The van der Waals surface area contributed by atoms with Crippen LogP contribution in [0, 0.1) is 0 Å². The fourth-order valence-electron chi connectivity index (χ4n) is 1.63. The van der Waals surface area contributed by atoms with Crippen molar-refractivity contribution in [2.45, 2.75) is 19.4 Å². The van der Waals surface area contributed by atoms with Crippen molar-refractivity contribution in [2.75, 3.05) is 6.54 Å². The highest BCUT2D eigenvalue weighted by Crippen LogP contribution is 2.16. The van der Waals surface area contributed by atoms with Crippen molar-refractivity contribution in [2.24, 2.45) is 0 Å². The highest BCUT2D eigenvalue weighted by molar-refractivity contribution is 5.13. The molecule has 2 aromatic rings. The molecule has 1 unspecified atom stereocenters. The highest BCUT2D eigenvalue weighted by atomic mass is 16.3. The van der Waals surface area contributed by atoms with Crippen LogP contribution in [0.3, 0.4) is 0 Å². The molecule has 2 N–H and O–H groups in total. The molecule has 0 saturated carbocycles. The molecule has 0 amide bonds. The summed E-state index contributed by atoms with van der Waals surface area (Å²) in [6, 6.07) is 2.25. The molecule has 80 valence electrons. The molecule has 0 aliphatic heterocycles. The first-order chi connectivity index (χ1) is 7.40. The smallest absolute Gasteiger partial charge is 0.107 e. The number of imidazole rings is 1. The van der Waals surface area contributed by atoms with Crippen LogP contribution in [0.5, 0.6) is 0 Å². The van der Waals surface area contributed by atoms with Crippen LogP contribution in [0.15, 0.2) is 35.4 Å². The SMILES string of the molecule is CCNC(Cc1ncc[nH]1)c1ccoc1. The summed E-state index contributed by atoms with van der Waals surface area (Å²) in [7, 11) is 0. The molecule has 15 heavy (non-hydrogen) atoms. The number of nitrogens with zero attached hydrogens (tertiary/aromatic N) is 1. The molecule has 2 heterocycles. The molecule has 0 saturated heterocycles. The number of rotatable bonds is 5. The van der Waals surface area contributed by atoms with Crippen LogP contribution in [0.1, 0.15) is 24.4 Å². The second-order valence-electron chi connectivity index (χ2n) is 3.41. The van der Waals surface area contributed by atoms with Crippen LogP contribution < -0.4 is 5.32 Å². The second-order valence-corrected chi connectivity index (χ2v) is 3.41. The molecule has 0 aliphatic rings. The number of aromatic nitrogens is 2. The average molecular weight is 205 g/mol. The fraction of sp³-hybridized carbons (Fsp3) is 0.364. The minimum absolute atomic E-state index is 0.264. The van der Waals surface area contributed by atoms with Gasteiger partial charge in [-0.25, -0.2) is 4.98 Å². The van der Waals surface area contributed by atoms with E-state index in [1.54, 1.807) is 18.7 Å². The first kappa shape index (κ1) is 9.98. The van der Waals surface area contributed by atoms with Crippen LogP contribution in [0.2, 0.25) is 0 Å². The lowest BCUT2D eigenvalue weighted by Gasteiger charge is -2.14. The maximum Gasteiger partial charge on any atom is 0.107 e. The molecule has 2 rings (SSSR count). The maximum absolute atomic E-state index is 5.09. The molecule has 0 radical (unpaired) electrons. The van der Waals surface area contributed by atoms with Gasteiger partial charge in [0, 0.05) is 30.4 Å². The molecule has 0 fully saturated rings. The van der Waals surface area contributed by atoms with E-state index in [2.05, 4.69) is 22.2 Å². The molecule has 1 atom stereocenters. The van der Waals surface area contributed by atoms with Gasteiger partial charge in [-0.15, -0.1) is 0 Å². The number of nitrogens with one attached hydrogen (secondary N) is 2. The zero-order chi connectivity index (χ0) is 10.5. The lowest BCUT2D eigenvalue weighted by atomic mass is 10.1. The molecule has 4 nitrogen and oxygen atoms in total. The summed E-state index contributed by atoms with van der Waals surface area (Å²) in [5, 5.41) is 3.40. The molecule has 0 aromatic carbocycles. The van der Waals surface area contributed by atoms with Gasteiger partial charge in [0.05, 0.1) is 12.5 Å². The zero-order valence-electron chi connectivity index (χ0n) is 8.73. The number of aromatic amines is 1. The van der Waals surface area contributed by atoms with Crippen molar-refractivity contribution in [3.05, 3.63) is 42.4 Å². The van der Waals surface area contributed by atoms with E-state index in [4.69, 9.17) is 4.42 Å². The molecule has 0 bridgehead atoms. The number of furan rings is 1. The molecule has 2 aromatic heterocycles. The summed E-state index contributed by atoms with van der Waals surface area (Å²) < 4.78 is 5.09. The van der Waals surface area contributed by atoms with Crippen LogP contribution in [0.4, 0.5) is 0 Å². The van der Waals surface area contributed by atoms with Gasteiger partial charge in [0.1, 0.15) is 5.82 Å². The van der Waals surface area contributed by atoms with Crippen molar-refractivity contribution in [3.8, 4) is 0 Å². The number of hydrogen-bond donors (Lipinski definition) is 2. The standard InChI is InChI=1S/C11H15N3O/c1-2-12-10(9-3-6-15-8-9)7-11-13-4-5-14-11/h3-6,8,10,12H,2,7H2,1H3,(H,13,14). The zero-order valence-corrected chi connectivity index (χ0v) is 8.73. The average Bonchev–Trinajstić information content (AvgIpc) is 2.89. The molecule has 0 spiro atoms. The third-order valence-electron chi connectivity index (χ3n) is 2.35. The summed E-state index contributed by atoms with van der Waals surface area (Å²) in [4.78, 5) is 7.33. The van der Waals surface area contributed by atoms with Crippen molar-refractivity contribution >= 4 is 0 Å². The second kappa shape index (κ2) is 4.79. The molecule has 4 heteroatoms. The van der Waals surface area contributed by atoms with E-state index in [0.29, 0.717) is 0 Å². The predicted octanol–water partition coefficient (Wildman–Crippen LogP) is 1.90. The largest absolute Gasteiger partial charge is 0.472 e. The Morgan fingerprint density at radius 3 is 3.13 bits per heavy atom. The highest BCUT2D eigenvalue weighted by Gasteiger charge is 2.13. The number of hydrogen-bond acceptors (Lipinski definition) is 3. The first-order valence-electron chi connectivity index (χ1n) is 5.14. The summed E-state index contributed by atoms with van der Waals surface area (Å²) in [5.74, 6) is 0.988. The van der Waals surface area contributed by atoms with Crippen LogP contribution in [-0.4, -0.2) is 16.5 Å². The third-order valence-corrected chi connectivity index (χ3v) is 2.35. The summed E-state index contributed by atoms with van der Waals surface area (Å²) >= 11 is 0. The van der Waals surface area contributed by atoms with Gasteiger partial charge in [-0.3, -0.25) is 0 Å². The minimum atomic E-state index is 0.264. The van der Waals surface area contributed by atoms with Crippen molar-refractivity contribution in [1.82, 2.24) is 15.3 Å². The minimum Gasteiger partial charge on any atom is -0.472 e. The van der Waals surface area contributed by atoms with Gasteiger partial charge in [-0.1, -0.05) is 6.92 Å². The van der Waals surface area contributed by atoms with Crippen molar-refractivity contribution in [3.63, 3.8) is 0 Å². The van der Waals surface area contributed by atoms with Gasteiger partial charge in [0.25, 0.3) is 0 Å². The number of H-pyrrole nitrogens is 1. The lowest BCUT2D eigenvalue weighted by Crippen LogP contribution is -2.22. The molecule has 0 aliphatic carbocycles. The summed E-state index contributed by atoms with van der Waals surface area (Å²) in [6.07, 6.45) is 7.93. The van der Waals surface area contributed by atoms with E-state index < -0.39 is 0 Å². The Morgan fingerprint density at radius 1 is 1.60 bits per heavy atom. The number of likely N-dealkylation sites (N-methyl/N-ethyl adjacent to an activating group) is 1. The predicted molar refractivity (Wildman–Crippen MR) is 57.4 cm³/mol. The van der Waals surface area contributed by atoms with E-state index >= 15 is 0 Å². The van der Waals surface area contributed by atoms with Crippen LogP contribution in [0.25, 0.3) is 0 Å². The fourth-order valence-corrected chi connectivity index (χ4v) is 1.63. The van der Waals surface area contributed by atoms with Gasteiger partial charge in [-0.05, 0) is 12.6 Å². The van der Waals surface area contributed by atoms with E-state index in [9.17, 15) is 0 Å². The quantitative estimate of drug-likeness (QED) is 0.783. The van der Waals surface area contributed by atoms with E-state index in [1.165, 1.54) is 0 Å². The van der Waals surface area contributed by atoms with Crippen LogP contribution in [-0.2, 0) is 6.42 Å².